The molecule has 1 heterocycles. The van der Waals surface area contributed by atoms with E-state index >= 15 is 0 Å². The SMILES string of the molecule is NC1CN(CC23CC4CC(CC(C4)C2)C3)c2ccccc2N(c2ccccc2)C1. The molecule has 1 aliphatic heterocycles. The van der Waals surface area contributed by atoms with E-state index in [0.717, 1.165) is 30.8 Å². The monoisotopic (exact) mass is 387 g/mol. The molecule has 4 bridgehead atoms. The van der Waals surface area contributed by atoms with Crippen molar-refractivity contribution in [3.05, 3.63) is 54.6 Å². The Bertz CT molecular complexity index is 841. The Morgan fingerprint density at radius 1 is 0.759 bits per heavy atom. The van der Waals surface area contributed by atoms with Gasteiger partial charge in [-0.1, -0.05) is 30.3 Å². The van der Waals surface area contributed by atoms with Gasteiger partial charge in [0.05, 0.1) is 11.4 Å². The summed E-state index contributed by atoms with van der Waals surface area (Å²) in [5.41, 5.74) is 11.2. The maximum Gasteiger partial charge on any atom is 0.0649 e. The maximum atomic E-state index is 6.72. The fourth-order valence-electron chi connectivity index (χ4n) is 7.62. The van der Waals surface area contributed by atoms with Crippen LogP contribution in [-0.4, -0.2) is 25.7 Å². The summed E-state index contributed by atoms with van der Waals surface area (Å²) in [4.78, 5) is 5.09. The summed E-state index contributed by atoms with van der Waals surface area (Å²) in [5.74, 6) is 2.99. The third-order valence-electron chi connectivity index (χ3n) is 8.14. The Morgan fingerprint density at radius 3 is 2.00 bits per heavy atom. The molecule has 5 aliphatic rings. The van der Waals surface area contributed by atoms with Crippen LogP contribution in [-0.2, 0) is 0 Å². The van der Waals surface area contributed by atoms with E-state index < -0.39 is 0 Å². The molecule has 3 heteroatoms. The van der Waals surface area contributed by atoms with Crippen LogP contribution < -0.4 is 15.5 Å². The van der Waals surface area contributed by atoms with Crippen LogP contribution in [0.5, 0.6) is 0 Å². The molecule has 0 saturated heterocycles. The van der Waals surface area contributed by atoms with Crippen LogP contribution in [0.2, 0.25) is 0 Å². The molecule has 0 amide bonds. The summed E-state index contributed by atoms with van der Waals surface area (Å²) in [6.45, 7) is 3.03. The largest absolute Gasteiger partial charge is 0.368 e. The Morgan fingerprint density at radius 2 is 1.34 bits per heavy atom. The van der Waals surface area contributed by atoms with Gasteiger partial charge in [0.25, 0.3) is 0 Å². The van der Waals surface area contributed by atoms with E-state index in [0.29, 0.717) is 5.41 Å². The number of hydrogen-bond acceptors (Lipinski definition) is 3. The zero-order chi connectivity index (χ0) is 19.4. The number of nitrogens with zero attached hydrogens (tertiary/aromatic N) is 2. The molecule has 29 heavy (non-hydrogen) atoms. The van der Waals surface area contributed by atoms with Gasteiger partial charge in [0.15, 0.2) is 0 Å². The summed E-state index contributed by atoms with van der Waals surface area (Å²) < 4.78 is 0. The van der Waals surface area contributed by atoms with Crippen LogP contribution in [0.4, 0.5) is 17.1 Å². The molecule has 0 aromatic heterocycles. The average molecular weight is 388 g/mol. The minimum absolute atomic E-state index is 0.150. The predicted molar refractivity (Wildman–Crippen MR) is 121 cm³/mol. The first-order chi connectivity index (χ1) is 14.2. The summed E-state index contributed by atoms with van der Waals surface area (Å²) in [5, 5.41) is 0. The van der Waals surface area contributed by atoms with E-state index in [1.165, 1.54) is 62.1 Å². The molecule has 152 valence electrons. The fraction of sp³-hybridized carbons (Fsp3) is 0.538. The lowest BCUT2D eigenvalue weighted by atomic mass is 9.49. The summed E-state index contributed by atoms with van der Waals surface area (Å²) in [7, 11) is 0. The fourth-order valence-corrected chi connectivity index (χ4v) is 7.62. The van der Waals surface area contributed by atoms with Crippen LogP contribution >= 0.6 is 0 Å². The number of fused-ring (bicyclic) bond motifs is 1. The molecule has 2 aromatic rings. The molecule has 4 fully saturated rings. The van der Waals surface area contributed by atoms with Crippen LogP contribution in [0, 0.1) is 23.2 Å². The summed E-state index contributed by atoms with van der Waals surface area (Å²) in [6.07, 6.45) is 8.89. The number of para-hydroxylation sites is 3. The summed E-state index contributed by atoms with van der Waals surface area (Å²) in [6, 6.07) is 19.9. The molecule has 4 saturated carbocycles. The Labute approximate surface area is 174 Å². The maximum absolute atomic E-state index is 6.72. The molecule has 0 radical (unpaired) electrons. The van der Waals surface area contributed by atoms with E-state index in [-0.39, 0.29) is 6.04 Å². The van der Waals surface area contributed by atoms with Crippen LogP contribution in [0.1, 0.15) is 38.5 Å². The van der Waals surface area contributed by atoms with Crippen molar-refractivity contribution in [2.45, 2.75) is 44.6 Å². The number of rotatable bonds is 3. The van der Waals surface area contributed by atoms with E-state index in [2.05, 4.69) is 64.4 Å². The van der Waals surface area contributed by atoms with E-state index in [4.69, 9.17) is 5.73 Å². The van der Waals surface area contributed by atoms with Crippen molar-refractivity contribution in [2.75, 3.05) is 29.4 Å². The second kappa shape index (κ2) is 6.77. The van der Waals surface area contributed by atoms with E-state index in [1.807, 2.05) is 0 Å². The number of anilines is 3. The highest BCUT2D eigenvalue weighted by Crippen LogP contribution is 2.60. The lowest BCUT2D eigenvalue weighted by Gasteiger charge is -2.58. The van der Waals surface area contributed by atoms with Gasteiger partial charge in [-0.2, -0.15) is 0 Å². The second-order valence-electron chi connectivity index (χ2n) is 10.5. The quantitative estimate of drug-likeness (QED) is 0.787. The molecule has 2 aromatic carbocycles. The Hall–Kier alpha value is -2.00. The molecule has 0 spiro atoms. The van der Waals surface area contributed by atoms with Crippen molar-refractivity contribution in [3.63, 3.8) is 0 Å². The Balaban J connectivity index is 1.36. The van der Waals surface area contributed by atoms with Crippen molar-refractivity contribution in [3.8, 4) is 0 Å². The molecule has 1 unspecified atom stereocenters. The predicted octanol–water partition coefficient (Wildman–Crippen LogP) is 5.19. The van der Waals surface area contributed by atoms with Gasteiger partial charge in [-0.15, -0.1) is 0 Å². The highest BCUT2D eigenvalue weighted by atomic mass is 15.2. The Kier molecular flexibility index (Phi) is 4.16. The first-order valence-electron chi connectivity index (χ1n) is 11.6. The lowest BCUT2D eigenvalue weighted by molar-refractivity contribution is -0.0477. The van der Waals surface area contributed by atoms with Gasteiger partial charge in [-0.25, -0.2) is 0 Å². The normalized spacial score (nSPS) is 35.5. The van der Waals surface area contributed by atoms with Crippen molar-refractivity contribution in [2.24, 2.45) is 28.9 Å². The van der Waals surface area contributed by atoms with E-state index in [1.54, 1.807) is 0 Å². The minimum atomic E-state index is 0.150. The topological polar surface area (TPSA) is 32.5 Å². The standard InChI is InChI=1S/C26H33N3/c27-22-16-28(18-26-13-19-10-20(14-26)12-21(11-19)15-26)24-8-4-5-9-25(24)29(17-22)23-6-2-1-3-7-23/h1-9,19-22H,10-18,27H2. The third kappa shape index (κ3) is 3.15. The highest BCUT2D eigenvalue weighted by Gasteiger charge is 2.51. The molecule has 3 nitrogen and oxygen atoms in total. The van der Waals surface area contributed by atoms with Gasteiger partial charge < -0.3 is 15.5 Å². The van der Waals surface area contributed by atoms with Gasteiger partial charge in [0, 0.05) is 31.4 Å². The third-order valence-corrected chi connectivity index (χ3v) is 8.14. The first kappa shape index (κ1) is 17.8. The summed E-state index contributed by atoms with van der Waals surface area (Å²) >= 11 is 0. The number of benzene rings is 2. The van der Waals surface area contributed by atoms with Crippen LogP contribution in [0.15, 0.2) is 54.6 Å². The zero-order valence-electron chi connectivity index (χ0n) is 17.3. The van der Waals surface area contributed by atoms with Gasteiger partial charge in [0.1, 0.15) is 0 Å². The van der Waals surface area contributed by atoms with Gasteiger partial charge >= 0.3 is 0 Å². The average Bonchev–Trinajstić information content (AvgIpc) is 2.84. The minimum Gasteiger partial charge on any atom is -0.368 e. The zero-order valence-corrected chi connectivity index (χ0v) is 17.3. The molecular formula is C26H33N3. The van der Waals surface area contributed by atoms with Gasteiger partial charge in [0.2, 0.25) is 0 Å². The highest BCUT2D eigenvalue weighted by molar-refractivity contribution is 5.78. The molecular weight excluding hydrogens is 354 g/mol. The van der Waals surface area contributed by atoms with Crippen molar-refractivity contribution >= 4 is 17.1 Å². The number of hydrogen-bond donors (Lipinski definition) is 1. The number of nitrogens with two attached hydrogens (primary N) is 1. The van der Waals surface area contributed by atoms with Gasteiger partial charge in [-0.05, 0) is 86.0 Å². The van der Waals surface area contributed by atoms with Crippen LogP contribution in [0.25, 0.3) is 0 Å². The smallest absolute Gasteiger partial charge is 0.0649 e. The van der Waals surface area contributed by atoms with E-state index in [9.17, 15) is 0 Å². The molecule has 7 rings (SSSR count). The van der Waals surface area contributed by atoms with Crippen LogP contribution in [0.3, 0.4) is 0 Å². The molecule has 2 N–H and O–H groups in total. The molecule has 4 aliphatic carbocycles. The van der Waals surface area contributed by atoms with Gasteiger partial charge in [-0.3, -0.25) is 0 Å². The van der Waals surface area contributed by atoms with Crippen molar-refractivity contribution in [1.29, 1.82) is 0 Å². The van der Waals surface area contributed by atoms with Crippen molar-refractivity contribution in [1.82, 2.24) is 0 Å². The lowest BCUT2D eigenvalue weighted by Crippen LogP contribution is -2.52. The van der Waals surface area contributed by atoms with Crippen molar-refractivity contribution < 1.29 is 0 Å². The molecule has 1 atom stereocenters. The second-order valence-corrected chi connectivity index (χ2v) is 10.5. The first-order valence-corrected chi connectivity index (χ1v) is 11.6.